The van der Waals surface area contributed by atoms with Gasteiger partial charge in [0.25, 0.3) is 0 Å². The van der Waals surface area contributed by atoms with E-state index >= 15 is 0 Å². The highest BCUT2D eigenvalue weighted by molar-refractivity contribution is 4.96. The van der Waals surface area contributed by atoms with Crippen LogP contribution in [0.1, 0.15) is 117 Å². The van der Waals surface area contributed by atoms with Crippen molar-refractivity contribution in [1.82, 2.24) is 9.80 Å². The van der Waals surface area contributed by atoms with E-state index in [9.17, 15) is 0 Å². The zero-order chi connectivity index (χ0) is 18.2. The Balaban J connectivity index is 2.02. The SMILES string of the molecule is CCCCCCCCCCCCN1C=CN(CCCCCC)C1CC. The summed E-state index contributed by atoms with van der Waals surface area (Å²) < 4.78 is 0. The van der Waals surface area contributed by atoms with Gasteiger partial charge >= 0.3 is 0 Å². The van der Waals surface area contributed by atoms with Crippen LogP contribution < -0.4 is 0 Å². The van der Waals surface area contributed by atoms with E-state index in [1.54, 1.807) is 0 Å². The quantitative estimate of drug-likeness (QED) is 0.254. The van der Waals surface area contributed by atoms with Crippen LogP contribution in [0.3, 0.4) is 0 Å². The molecule has 0 aromatic carbocycles. The average molecular weight is 351 g/mol. The predicted molar refractivity (Wildman–Crippen MR) is 113 cm³/mol. The van der Waals surface area contributed by atoms with Crippen LogP contribution >= 0.6 is 0 Å². The molecular weight excluding hydrogens is 304 g/mol. The van der Waals surface area contributed by atoms with Crippen molar-refractivity contribution in [2.45, 2.75) is 123 Å². The third kappa shape index (κ3) is 10.2. The highest BCUT2D eigenvalue weighted by atomic mass is 15.4. The molecule has 1 atom stereocenters. The van der Waals surface area contributed by atoms with Gasteiger partial charge in [0.2, 0.25) is 0 Å². The van der Waals surface area contributed by atoms with E-state index in [0.29, 0.717) is 6.17 Å². The maximum absolute atomic E-state index is 2.59. The molecule has 1 unspecified atom stereocenters. The fraction of sp³-hybridized carbons (Fsp3) is 0.913. The summed E-state index contributed by atoms with van der Waals surface area (Å²) in [5.74, 6) is 0. The Morgan fingerprint density at radius 3 is 1.28 bits per heavy atom. The average Bonchev–Trinajstić information content (AvgIpc) is 3.02. The first kappa shape index (κ1) is 22.4. The van der Waals surface area contributed by atoms with Gasteiger partial charge in [0.15, 0.2) is 0 Å². The van der Waals surface area contributed by atoms with Gasteiger partial charge in [0.05, 0.1) is 0 Å². The molecule has 1 aliphatic heterocycles. The molecule has 0 aliphatic carbocycles. The summed E-state index contributed by atoms with van der Waals surface area (Å²) in [5.41, 5.74) is 0. The minimum Gasteiger partial charge on any atom is -0.356 e. The van der Waals surface area contributed by atoms with E-state index in [4.69, 9.17) is 0 Å². The molecular formula is C23H46N2. The molecule has 148 valence electrons. The number of rotatable bonds is 17. The Labute approximate surface area is 159 Å². The second-order valence-corrected chi connectivity index (χ2v) is 7.91. The first-order valence-corrected chi connectivity index (χ1v) is 11.5. The van der Waals surface area contributed by atoms with E-state index in [1.165, 1.54) is 109 Å². The zero-order valence-corrected chi connectivity index (χ0v) is 17.6. The van der Waals surface area contributed by atoms with Crippen molar-refractivity contribution in [2.75, 3.05) is 13.1 Å². The van der Waals surface area contributed by atoms with Gasteiger partial charge in [-0.1, -0.05) is 97.8 Å². The molecule has 25 heavy (non-hydrogen) atoms. The van der Waals surface area contributed by atoms with Gasteiger partial charge < -0.3 is 9.80 Å². The molecule has 0 radical (unpaired) electrons. The Morgan fingerprint density at radius 2 is 0.880 bits per heavy atom. The first-order chi connectivity index (χ1) is 12.3. The molecule has 0 N–H and O–H groups in total. The van der Waals surface area contributed by atoms with Crippen LogP contribution in [0.4, 0.5) is 0 Å². The molecule has 2 heteroatoms. The molecule has 0 saturated carbocycles. The van der Waals surface area contributed by atoms with E-state index < -0.39 is 0 Å². The maximum Gasteiger partial charge on any atom is 0.100 e. The highest BCUT2D eigenvalue weighted by Gasteiger charge is 2.23. The van der Waals surface area contributed by atoms with Crippen molar-refractivity contribution in [2.24, 2.45) is 0 Å². The summed E-state index contributed by atoms with van der Waals surface area (Å²) in [5, 5.41) is 0. The van der Waals surface area contributed by atoms with Gasteiger partial charge in [0.1, 0.15) is 6.17 Å². The molecule has 0 bridgehead atoms. The Hall–Kier alpha value is -0.660. The molecule has 0 aromatic rings. The summed E-state index contributed by atoms with van der Waals surface area (Å²) in [6, 6.07) is 0. The van der Waals surface area contributed by atoms with Gasteiger partial charge in [-0.3, -0.25) is 0 Å². The first-order valence-electron chi connectivity index (χ1n) is 11.5. The lowest BCUT2D eigenvalue weighted by atomic mass is 10.1. The zero-order valence-electron chi connectivity index (χ0n) is 17.6. The van der Waals surface area contributed by atoms with Crippen LogP contribution in [0, 0.1) is 0 Å². The standard InChI is InChI=1S/C23H46N2/c1-4-7-9-11-12-13-14-15-16-18-20-25-22-21-24(23(25)6-3)19-17-10-8-5-2/h21-23H,4-20H2,1-3H3. The highest BCUT2D eigenvalue weighted by Crippen LogP contribution is 2.21. The monoisotopic (exact) mass is 350 g/mol. The summed E-state index contributed by atoms with van der Waals surface area (Å²) in [6.07, 6.45) is 26.3. The Morgan fingerprint density at radius 1 is 0.520 bits per heavy atom. The van der Waals surface area contributed by atoms with Crippen LogP contribution in [0.25, 0.3) is 0 Å². The van der Waals surface area contributed by atoms with Crippen molar-refractivity contribution < 1.29 is 0 Å². The molecule has 0 aromatic heterocycles. The van der Waals surface area contributed by atoms with E-state index in [2.05, 4.69) is 43.0 Å². The largest absolute Gasteiger partial charge is 0.356 e. The van der Waals surface area contributed by atoms with Crippen LogP contribution in [-0.2, 0) is 0 Å². The Kier molecular flexibility index (Phi) is 14.0. The minimum absolute atomic E-state index is 0.625. The van der Waals surface area contributed by atoms with Crippen molar-refractivity contribution in [1.29, 1.82) is 0 Å². The second kappa shape index (κ2) is 15.6. The van der Waals surface area contributed by atoms with E-state index in [-0.39, 0.29) is 0 Å². The van der Waals surface area contributed by atoms with Crippen molar-refractivity contribution in [3.05, 3.63) is 12.4 Å². The van der Waals surface area contributed by atoms with Crippen molar-refractivity contribution >= 4 is 0 Å². The van der Waals surface area contributed by atoms with Crippen LogP contribution in [-0.4, -0.2) is 29.1 Å². The molecule has 0 fully saturated rings. The topological polar surface area (TPSA) is 6.48 Å². The smallest absolute Gasteiger partial charge is 0.100 e. The number of hydrogen-bond acceptors (Lipinski definition) is 2. The normalized spacial score (nSPS) is 17.0. The molecule has 0 amide bonds. The Bertz CT molecular complexity index is 313. The fourth-order valence-electron chi connectivity index (χ4n) is 3.98. The van der Waals surface area contributed by atoms with E-state index in [1.807, 2.05) is 0 Å². The summed E-state index contributed by atoms with van der Waals surface area (Å²) in [7, 11) is 0. The minimum atomic E-state index is 0.625. The van der Waals surface area contributed by atoms with Gasteiger partial charge in [-0.2, -0.15) is 0 Å². The summed E-state index contributed by atoms with van der Waals surface area (Å²) in [6.45, 7) is 9.41. The van der Waals surface area contributed by atoms with Crippen LogP contribution in [0.15, 0.2) is 12.4 Å². The third-order valence-corrected chi connectivity index (χ3v) is 5.62. The lowest BCUT2D eigenvalue weighted by molar-refractivity contribution is 0.144. The van der Waals surface area contributed by atoms with Gasteiger partial charge in [-0.05, 0) is 19.3 Å². The number of unbranched alkanes of at least 4 members (excludes halogenated alkanes) is 12. The molecule has 2 nitrogen and oxygen atoms in total. The third-order valence-electron chi connectivity index (χ3n) is 5.62. The predicted octanol–water partition coefficient (Wildman–Crippen LogP) is 7.31. The van der Waals surface area contributed by atoms with Gasteiger partial charge in [0, 0.05) is 25.5 Å². The fourth-order valence-corrected chi connectivity index (χ4v) is 3.98. The lowest BCUT2D eigenvalue weighted by Gasteiger charge is -2.32. The van der Waals surface area contributed by atoms with Gasteiger partial charge in [-0.25, -0.2) is 0 Å². The lowest BCUT2D eigenvalue weighted by Crippen LogP contribution is -2.38. The summed E-state index contributed by atoms with van der Waals surface area (Å²) >= 11 is 0. The van der Waals surface area contributed by atoms with E-state index in [0.717, 1.165) is 0 Å². The van der Waals surface area contributed by atoms with Crippen molar-refractivity contribution in [3.63, 3.8) is 0 Å². The van der Waals surface area contributed by atoms with Crippen molar-refractivity contribution in [3.8, 4) is 0 Å². The molecule has 1 rings (SSSR count). The van der Waals surface area contributed by atoms with Crippen LogP contribution in [0.5, 0.6) is 0 Å². The number of hydrogen-bond donors (Lipinski definition) is 0. The molecule has 0 saturated heterocycles. The van der Waals surface area contributed by atoms with Gasteiger partial charge in [-0.15, -0.1) is 0 Å². The summed E-state index contributed by atoms with van der Waals surface area (Å²) in [4.78, 5) is 5.16. The maximum atomic E-state index is 2.59. The van der Waals surface area contributed by atoms with Crippen LogP contribution in [0.2, 0.25) is 0 Å². The molecule has 1 heterocycles. The molecule has 1 aliphatic rings. The number of nitrogens with zero attached hydrogens (tertiary/aromatic N) is 2. The molecule has 0 spiro atoms. The second-order valence-electron chi connectivity index (χ2n) is 7.91.